The summed E-state index contributed by atoms with van der Waals surface area (Å²) in [4.78, 5) is 13.5. The summed E-state index contributed by atoms with van der Waals surface area (Å²) in [7, 11) is 0. The first-order valence-corrected chi connectivity index (χ1v) is 42.5. The number of unbranched alkanes of at least 4 members (excludes halogenated alkanes) is 37. The van der Waals surface area contributed by atoms with Crippen LogP contribution in [-0.4, -0.2) is 193 Å². The largest absolute Gasteiger partial charge is 0.394 e. The molecule has 12 N–H and O–H groups in total. The minimum absolute atomic E-state index is 0.240. The van der Waals surface area contributed by atoms with Crippen molar-refractivity contribution in [2.24, 2.45) is 0 Å². The fourth-order valence-electron chi connectivity index (χ4n) is 13.9. The Morgan fingerprint density at radius 2 is 0.651 bits per heavy atom. The number of rotatable bonds is 67. The van der Waals surface area contributed by atoms with Gasteiger partial charge in [0, 0.05) is 6.42 Å². The minimum Gasteiger partial charge on any atom is -0.394 e. The Morgan fingerprint density at radius 3 is 1.02 bits per heavy atom. The molecule has 0 saturated carbocycles. The maximum absolute atomic E-state index is 13.5. The summed E-state index contributed by atoms with van der Waals surface area (Å²) in [5.74, 6) is -0.275. The van der Waals surface area contributed by atoms with Gasteiger partial charge in [0.15, 0.2) is 18.9 Å². The number of aliphatic hydroxyl groups is 11. The van der Waals surface area contributed by atoms with Crippen LogP contribution in [0.2, 0.25) is 0 Å². The number of aliphatic hydroxyl groups excluding tert-OH is 11. The summed E-state index contributed by atoms with van der Waals surface area (Å²) >= 11 is 0. The normalized spacial score (nSPS) is 26.1. The monoisotopic (exact) mass is 1500 g/mol. The predicted octanol–water partition coefficient (Wildman–Crippen LogP) is 15.1. The second-order valence-corrected chi connectivity index (χ2v) is 29.9. The van der Waals surface area contributed by atoms with E-state index in [1.165, 1.54) is 193 Å². The number of amides is 1. The zero-order valence-corrected chi connectivity index (χ0v) is 65.9. The molecule has 3 rings (SSSR count). The fourth-order valence-corrected chi connectivity index (χ4v) is 13.9. The lowest BCUT2D eigenvalue weighted by Gasteiger charge is -2.48. The fraction of sp³-hybridized carbons (Fsp3) is 0.805. The van der Waals surface area contributed by atoms with Crippen LogP contribution in [0.4, 0.5) is 0 Å². The van der Waals surface area contributed by atoms with Crippen molar-refractivity contribution in [3.63, 3.8) is 0 Å². The van der Waals surface area contributed by atoms with Crippen LogP contribution in [0.25, 0.3) is 0 Å². The van der Waals surface area contributed by atoms with Crippen molar-refractivity contribution in [1.29, 1.82) is 0 Å². The zero-order valence-electron chi connectivity index (χ0n) is 65.9. The van der Waals surface area contributed by atoms with Gasteiger partial charge in [-0.1, -0.05) is 329 Å². The molecule has 0 bridgehead atoms. The van der Waals surface area contributed by atoms with Crippen molar-refractivity contribution in [1.82, 2.24) is 5.32 Å². The highest BCUT2D eigenvalue weighted by Crippen LogP contribution is 2.33. The molecular weight excluding hydrogens is 1350 g/mol. The molecule has 3 aliphatic rings. The standard InChI is InChI=1S/C87H153NO18/c1-3-5-7-9-11-13-15-17-19-21-23-25-27-29-30-31-32-33-34-35-36-37-38-39-40-41-43-45-47-49-51-53-55-57-59-61-63-65-75(93)88-70(71(92)64-62-60-58-56-54-52-50-48-46-44-42-28-26-24-22-20-18-16-14-12-10-8-6-4-2)69-101-85-81(99)78(96)83(73(67-90)103-85)106-87-82(100)79(97)84(74(68-91)104-87)105-86-80(98)77(95)76(94)72(66-89)102-86/h5,7,11,13,17,19,23,25,29-30,32-33,35-36,62,64,70-74,76-87,89-92,94-100H,3-4,6,8-10,12,14-16,18,20-22,24,26-28,31,34,37-61,63,65-69H2,1-2H3,(H,88,93)/b7-5-,13-11-,19-17-,25-23-,30-29-,33-32-,36-35-,64-62+. The van der Waals surface area contributed by atoms with E-state index in [1.54, 1.807) is 6.08 Å². The molecule has 0 aromatic heterocycles. The van der Waals surface area contributed by atoms with Crippen LogP contribution in [0.5, 0.6) is 0 Å². The van der Waals surface area contributed by atoms with Crippen LogP contribution in [-0.2, 0) is 33.2 Å². The molecule has 0 spiro atoms. The molecule has 1 amide bonds. The van der Waals surface area contributed by atoms with Crippen molar-refractivity contribution < 1.29 is 89.4 Å². The number of carbonyl (C=O) groups excluding carboxylic acids is 1. The Hall–Kier alpha value is -3.29. The average molecular weight is 1500 g/mol. The van der Waals surface area contributed by atoms with E-state index < -0.39 is 124 Å². The van der Waals surface area contributed by atoms with E-state index in [4.69, 9.17) is 28.4 Å². The van der Waals surface area contributed by atoms with Crippen LogP contribution in [0, 0.1) is 0 Å². The second kappa shape index (κ2) is 66.3. The maximum atomic E-state index is 13.5. The van der Waals surface area contributed by atoms with Crippen molar-refractivity contribution in [2.45, 2.75) is 420 Å². The van der Waals surface area contributed by atoms with Crippen LogP contribution in [0.1, 0.15) is 316 Å². The number of allylic oxidation sites excluding steroid dienone is 15. The highest BCUT2D eigenvalue weighted by atomic mass is 16.8. The van der Waals surface area contributed by atoms with E-state index >= 15 is 0 Å². The quantitative estimate of drug-likeness (QED) is 0.0199. The van der Waals surface area contributed by atoms with Crippen LogP contribution >= 0.6 is 0 Å². The SMILES string of the molecule is CC/C=C\C/C=C\C/C=C\C/C=C\C/C=C\C/C=C\C/C=C\CCCCCCCCCCCCCCCCCC(=O)NC(COC1OC(CO)C(OC2OC(CO)C(OC3OC(CO)C(O)C(O)C3O)C(O)C2O)C(O)C1O)C(O)/C=C/CCCCCCCCCCCCCCCCCCCCCCCC. The Kier molecular flexibility index (Phi) is 60.6. The third-order valence-corrected chi connectivity index (χ3v) is 20.6. The summed E-state index contributed by atoms with van der Waals surface area (Å²) in [6, 6.07) is -0.979. The van der Waals surface area contributed by atoms with Gasteiger partial charge in [-0.25, -0.2) is 0 Å². The van der Waals surface area contributed by atoms with Gasteiger partial charge in [0.05, 0.1) is 38.6 Å². The number of ether oxygens (including phenoxy) is 6. The van der Waals surface area contributed by atoms with Crippen molar-refractivity contribution in [3.05, 3.63) is 97.2 Å². The third kappa shape index (κ3) is 45.3. The van der Waals surface area contributed by atoms with Gasteiger partial charge in [-0.2, -0.15) is 0 Å². The molecule has 17 unspecified atom stereocenters. The Labute approximate surface area is 641 Å². The topological polar surface area (TPSA) is 307 Å². The maximum Gasteiger partial charge on any atom is 0.220 e. The summed E-state index contributed by atoms with van der Waals surface area (Å²) < 4.78 is 34.5. The Morgan fingerprint density at radius 1 is 0.349 bits per heavy atom. The third-order valence-electron chi connectivity index (χ3n) is 20.6. The zero-order chi connectivity index (χ0) is 76.7. The molecule has 3 aliphatic heterocycles. The number of nitrogens with one attached hydrogen (secondary N) is 1. The lowest BCUT2D eigenvalue weighted by Crippen LogP contribution is -2.66. The van der Waals surface area contributed by atoms with Crippen molar-refractivity contribution in [2.75, 3.05) is 26.4 Å². The Bertz CT molecular complexity index is 2290. The highest BCUT2D eigenvalue weighted by Gasteiger charge is 2.54. The van der Waals surface area contributed by atoms with Gasteiger partial charge >= 0.3 is 0 Å². The molecule has 3 heterocycles. The number of hydrogen-bond donors (Lipinski definition) is 12. The van der Waals surface area contributed by atoms with Gasteiger partial charge in [0.1, 0.15) is 73.2 Å². The summed E-state index contributed by atoms with van der Waals surface area (Å²) in [6.45, 7) is 1.66. The molecule has 19 heteroatoms. The van der Waals surface area contributed by atoms with Gasteiger partial charge in [0.25, 0.3) is 0 Å². The molecular formula is C87H153NO18. The smallest absolute Gasteiger partial charge is 0.220 e. The first kappa shape index (κ1) is 96.9. The molecule has 106 heavy (non-hydrogen) atoms. The van der Waals surface area contributed by atoms with E-state index in [0.29, 0.717) is 6.42 Å². The van der Waals surface area contributed by atoms with Crippen LogP contribution in [0.3, 0.4) is 0 Å². The molecule has 3 saturated heterocycles. The molecule has 614 valence electrons. The molecule has 19 nitrogen and oxygen atoms in total. The summed E-state index contributed by atoms with van der Waals surface area (Å²) in [6.07, 6.45) is 63.9. The Balaban J connectivity index is 1.34. The minimum atomic E-state index is -1.98. The molecule has 0 aliphatic carbocycles. The van der Waals surface area contributed by atoms with Crippen molar-refractivity contribution in [3.8, 4) is 0 Å². The van der Waals surface area contributed by atoms with E-state index in [9.17, 15) is 61.0 Å². The lowest BCUT2D eigenvalue weighted by atomic mass is 9.96. The summed E-state index contributed by atoms with van der Waals surface area (Å²) in [5.41, 5.74) is 0. The van der Waals surface area contributed by atoms with Crippen molar-refractivity contribution >= 4 is 5.91 Å². The van der Waals surface area contributed by atoms with E-state index in [0.717, 1.165) is 96.3 Å². The van der Waals surface area contributed by atoms with Gasteiger partial charge in [-0.15, -0.1) is 0 Å². The van der Waals surface area contributed by atoms with Gasteiger partial charge in [-0.05, 0) is 77.0 Å². The van der Waals surface area contributed by atoms with Gasteiger partial charge in [-0.3, -0.25) is 4.79 Å². The van der Waals surface area contributed by atoms with Gasteiger partial charge in [0.2, 0.25) is 5.91 Å². The highest BCUT2D eigenvalue weighted by molar-refractivity contribution is 5.76. The predicted molar refractivity (Wildman–Crippen MR) is 424 cm³/mol. The average Bonchev–Trinajstić information content (AvgIpc) is 0.780. The van der Waals surface area contributed by atoms with E-state index in [2.05, 4.69) is 104 Å². The van der Waals surface area contributed by atoms with E-state index in [-0.39, 0.29) is 18.9 Å². The van der Waals surface area contributed by atoms with Crippen LogP contribution in [0.15, 0.2) is 97.2 Å². The lowest BCUT2D eigenvalue weighted by molar-refractivity contribution is -0.379. The molecule has 0 radical (unpaired) electrons. The number of carbonyl (C=O) groups is 1. The first-order valence-electron chi connectivity index (χ1n) is 42.5. The van der Waals surface area contributed by atoms with E-state index in [1.807, 2.05) is 6.08 Å². The molecule has 3 fully saturated rings. The molecule has 0 aromatic rings. The second-order valence-electron chi connectivity index (χ2n) is 29.9. The molecule has 17 atom stereocenters. The summed E-state index contributed by atoms with van der Waals surface area (Å²) in [5, 5.41) is 121. The van der Waals surface area contributed by atoms with Gasteiger partial charge < -0.3 is 89.9 Å². The number of hydrogen-bond acceptors (Lipinski definition) is 18. The van der Waals surface area contributed by atoms with Crippen LogP contribution < -0.4 is 5.32 Å². The molecule has 0 aromatic carbocycles. The first-order chi connectivity index (χ1) is 51.8.